The Morgan fingerprint density at radius 1 is 1.00 bits per heavy atom. The Bertz CT molecular complexity index is 549. The molecule has 3 N–H and O–H groups in total. The second-order valence-corrected chi connectivity index (χ2v) is 4.22. The van der Waals surface area contributed by atoms with Crippen molar-refractivity contribution in [2.45, 2.75) is 12.6 Å². The summed E-state index contributed by atoms with van der Waals surface area (Å²) in [6.45, 7) is 0.546. The fourth-order valence-corrected chi connectivity index (χ4v) is 1.60. The van der Waals surface area contributed by atoms with E-state index in [0.29, 0.717) is 24.5 Å². The Labute approximate surface area is 113 Å². The lowest BCUT2D eigenvalue weighted by molar-refractivity contribution is -0.141. The first kappa shape index (κ1) is 14.1. The van der Waals surface area contributed by atoms with Crippen LogP contribution >= 0.6 is 0 Å². The molecule has 0 amide bonds. The molecule has 1 aromatic heterocycles. The molecule has 0 aliphatic rings. The largest absolute Gasteiger partial charge is 0.435 e. The number of halogens is 3. The minimum atomic E-state index is -4.46. The summed E-state index contributed by atoms with van der Waals surface area (Å²) in [7, 11) is 0. The summed E-state index contributed by atoms with van der Waals surface area (Å²) >= 11 is 0. The third-order valence-corrected chi connectivity index (χ3v) is 2.65. The van der Waals surface area contributed by atoms with Crippen molar-refractivity contribution in [3.05, 3.63) is 47.7 Å². The fourth-order valence-electron chi connectivity index (χ4n) is 1.60. The van der Waals surface area contributed by atoms with Gasteiger partial charge in [0.1, 0.15) is 5.82 Å². The van der Waals surface area contributed by atoms with Gasteiger partial charge in [0.25, 0.3) is 0 Å². The van der Waals surface area contributed by atoms with Crippen LogP contribution in [0, 0.1) is 0 Å². The van der Waals surface area contributed by atoms with Gasteiger partial charge in [0.15, 0.2) is 5.69 Å². The van der Waals surface area contributed by atoms with Crippen molar-refractivity contribution in [1.29, 1.82) is 0 Å². The molecule has 0 aliphatic heterocycles. The van der Waals surface area contributed by atoms with E-state index in [2.05, 4.69) is 15.5 Å². The highest BCUT2D eigenvalue weighted by molar-refractivity contribution is 5.40. The van der Waals surface area contributed by atoms with Crippen molar-refractivity contribution in [3.8, 4) is 0 Å². The van der Waals surface area contributed by atoms with Crippen LogP contribution in [0.1, 0.15) is 11.3 Å². The van der Waals surface area contributed by atoms with E-state index in [1.807, 2.05) is 12.1 Å². The summed E-state index contributed by atoms with van der Waals surface area (Å²) in [6, 6.07) is 9.56. The Kier molecular flexibility index (Phi) is 4.07. The van der Waals surface area contributed by atoms with E-state index >= 15 is 0 Å². The average molecular weight is 282 g/mol. The molecule has 2 aromatic rings. The minimum Gasteiger partial charge on any atom is -0.399 e. The Morgan fingerprint density at radius 2 is 1.70 bits per heavy atom. The topological polar surface area (TPSA) is 63.8 Å². The van der Waals surface area contributed by atoms with Gasteiger partial charge in [0, 0.05) is 12.2 Å². The molecule has 20 heavy (non-hydrogen) atoms. The van der Waals surface area contributed by atoms with Crippen LogP contribution in [-0.2, 0) is 12.6 Å². The van der Waals surface area contributed by atoms with Crippen LogP contribution in [0.4, 0.5) is 24.7 Å². The maximum absolute atomic E-state index is 12.3. The van der Waals surface area contributed by atoms with Crippen LogP contribution in [0.2, 0.25) is 0 Å². The molecule has 1 aromatic carbocycles. The number of alkyl halides is 3. The van der Waals surface area contributed by atoms with Gasteiger partial charge in [-0.15, -0.1) is 10.2 Å². The lowest BCUT2D eigenvalue weighted by Gasteiger charge is -2.07. The molecule has 0 fully saturated rings. The molecule has 0 saturated carbocycles. The number of nitrogens with one attached hydrogen (secondary N) is 1. The Balaban J connectivity index is 1.87. The van der Waals surface area contributed by atoms with E-state index in [-0.39, 0.29) is 0 Å². The quantitative estimate of drug-likeness (QED) is 0.846. The van der Waals surface area contributed by atoms with E-state index in [9.17, 15) is 13.2 Å². The molecule has 0 radical (unpaired) electrons. The van der Waals surface area contributed by atoms with E-state index in [1.54, 1.807) is 12.1 Å². The zero-order valence-corrected chi connectivity index (χ0v) is 10.5. The van der Waals surface area contributed by atoms with Crippen molar-refractivity contribution in [1.82, 2.24) is 10.2 Å². The first-order chi connectivity index (χ1) is 9.45. The predicted octanol–water partition coefficient (Wildman–Crippen LogP) is 2.73. The average Bonchev–Trinajstić information content (AvgIpc) is 2.41. The number of benzene rings is 1. The van der Waals surface area contributed by atoms with Gasteiger partial charge < -0.3 is 11.1 Å². The van der Waals surface area contributed by atoms with Crippen molar-refractivity contribution < 1.29 is 13.2 Å². The highest BCUT2D eigenvalue weighted by Crippen LogP contribution is 2.26. The predicted molar refractivity (Wildman–Crippen MR) is 70.1 cm³/mol. The molecular weight excluding hydrogens is 269 g/mol. The number of aromatic nitrogens is 2. The Hall–Kier alpha value is -2.31. The second kappa shape index (κ2) is 5.77. The molecular formula is C13H13F3N4. The van der Waals surface area contributed by atoms with Crippen molar-refractivity contribution in [3.63, 3.8) is 0 Å². The standard InChI is InChI=1S/C13H13F3N4/c14-13(15,16)11-5-6-12(20-19-11)18-8-7-9-1-3-10(17)4-2-9/h1-6H,7-8,17H2,(H,18,20). The maximum atomic E-state index is 12.3. The lowest BCUT2D eigenvalue weighted by atomic mass is 10.1. The number of rotatable bonds is 4. The van der Waals surface area contributed by atoms with Gasteiger partial charge in [-0.1, -0.05) is 12.1 Å². The fraction of sp³-hybridized carbons (Fsp3) is 0.231. The molecule has 1 heterocycles. The molecule has 0 atom stereocenters. The van der Waals surface area contributed by atoms with Gasteiger partial charge in [0.05, 0.1) is 0 Å². The summed E-state index contributed by atoms with van der Waals surface area (Å²) < 4.78 is 36.9. The Morgan fingerprint density at radius 3 is 2.25 bits per heavy atom. The number of anilines is 2. The van der Waals surface area contributed by atoms with Crippen LogP contribution in [0.25, 0.3) is 0 Å². The van der Waals surface area contributed by atoms with E-state index in [0.717, 1.165) is 11.6 Å². The van der Waals surface area contributed by atoms with Crippen molar-refractivity contribution in [2.24, 2.45) is 0 Å². The monoisotopic (exact) mass is 282 g/mol. The normalized spacial score (nSPS) is 11.3. The summed E-state index contributed by atoms with van der Waals surface area (Å²) in [5.41, 5.74) is 6.34. The zero-order valence-electron chi connectivity index (χ0n) is 10.5. The summed E-state index contributed by atoms with van der Waals surface area (Å²) in [5.74, 6) is 0.313. The molecule has 0 unspecified atom stereocenters. The first-order valence-corrected chi connectivity index (χ1v) is 5.94. The second-order valence-electron chi connectivity index (χ2n) is 4.22. The molecule has 2 rings (SSSR count). The van der Waals surface area contributed by atoms with E-state index in [4.69, 9.17) is 5.73 Å². The molecule has 4 nitrogen and oxygen atoms in total. The summed E-state index contributed by atoms with van der Waals surface area (Å²) in [6.07, 6.45) is -3.75. The van der Waals surface area contributed by atoms with Crippen LogP contribution < -0.4 is 11.1 Å². The van der Waals surface area contributed by atoms with Gasteiger partial charge in [-0.2, -0.15) is 13.2 Å². The highest BCUT2D eigenvalue weighted by Gasteiger charge is 2.32. The maximum Gasteiger partial charge on any atom is 0.435 e. The van der Waals surface area contributed by atoms with Crippen molar-refractivity contribution in [2.75, 3.05) is 17.6 Å². The van der Waals surface area contributed by atoms with Gasteiger partial charge in [0.2, 0.25) is 0 Å². The number of nitrogens with two attached hydrogens (primary N) is 1. The number of nitrogens with zero attached hydrogens (tertiary/aromatic N) is 2. The van der Waals surface area contributed by atoms with Gasteiger partial charge >= 0.3 is 6.18 Å². The minimum absolute atomic E-state index is 0.313. The molecule has 0 bridgehead atoms. The molecule has 0 spiro atoms. The zero-order chi connectivity index (χ0) is 14.6. The molecule has 0 aliphatic carbocycles. The third kappa shape index (κ3) is 3.84. The summed E-state index contributed by atoms with van der Waals surface area (Å²) in [4.78, 5) is 0. The third-order valence-electron chi connectivity index (χ3n) is 2.65. The van der Waals surface area contributed by atoms with Crippen LogP contribution in [-0.4, -0.2) is 16.7 Å². The molecule has 7 heteroatoms. The van der Waals surface area contributed by atoms with Crippen molar-refractivity contribution >= 4 is 11.5 Å². The van der Waals surface area contributed by atoms with E-state index < -0.39 is 11.9 Å². The smallest absolute Gasteiger partial charge is 0.399 e. The SMILES string of the molecule is Nc1ccc(CCNc2ccc(C(F)(F)F)nn2)cc1. The van der Waals surface area contributed by atoms with Crippen LogP contribution in [0.15, 0.2) is 36.4 Å². The van der Waals surface area contributed by atoms with Gasteiger partial charge in [-0.05, 0) is 36.2 Å². The highest BCUT2D eigenvalue weighted by atomic mass is 19.4. The molecule has 0 saturated heterocycles. The van der Waals surface area contributed by atoms with Crippen LogP contribution in [0.3, 0.4) is 0 Å². The number of nitrogen functional groups attached to an aromatic ring is 1. The molecule has 106 valence electrons. The number of hydrogen-bond donors (Lipinski definition) is 2. The van der Waals surface area contributed by atoms with Gasteiger partial charge in [-0.3, -0.25) is 0 Å². The van der Waals surface area contributed by atoms with E-state index in [1.165, 1.54) is 6.07 Å². The number of hydrogen-bond acceptors (Lipinski definition) is 4. The first-order valence-electron chi connectivity index (χ1n) is 5.94. The summed E-state index contributed by atoms with van der Waals surface area (Å²) in [5, 5.41) is 9.54. The van der Waals surface area contributed by atoms with Gasteiger partial charge in [-0.25, -0.2) is 0 Å². The lowest BCUT2D eigenvalue weighted by Crippen LogP contribution is -2.11. The van der Waals surface area contributed by atoms with Crippen LogP contribution in [0.5, 0.6) is 0 Å².